The van der Waals surface area contributed by atoms with Crippen LogP contribution in [0, 0.1) is 5.92 Å². The molecule has 0 aliphatic carbocycles. The van der Waals surface area contributed by atoms with E-state index in [1.54, 1.807) is 11.8 Å². The van der Waals surface area contributed by atoms with Crippen molar-refractivity contribution in [3.05, 3.63) is 0 Å². The third kappa shape index (κ3) is 18.1. The van der Waals surface area contributed by atoms with Gasteiger partial charge in [-0.1, -0.05) is 90.4 Å². The van der Waals surface area contributed by atoms with Gasteiger partial charge in [-0.3, -0.25) is 9.59 Å². The third-order valence-electron chi connectivity index (χ3n) is 4.73. The molecule has 0 saturated carbocycles. The number of hydrogen-bond acceptors (Lipinski definition) is 3. The van der Waals surface area contributed by atoms with Crippen molar-refractivity contribution in [1.29, 1.82) is 0 Å². The molecule has 5 heteroatoms. The van der Waals surface area contributed by atoms with Crippen molar-refractivity contribution in [2.45, 2.75) is 103 Å². The maximum absolute atomic E-state index is 10.9. The van der Waals surface area contributed by atoms with Crippen LogP contribution in [0.1, 0.15) is 103 Å². The summed E-state index contributed by atoms with van der Waals surface area (Å²) in [6, 6.07) is 0. The highest BCUT2D eigenvalue weighted by Crippen LogP contribution is 2.16. The Kier molecular flexibility index (Phi) is 18.5. The highest BCUT2D eigenvalue weighted by molar-refractivity contribution is 7.99. The van der Waals surface area contributed by atoms with Crippen LogP contribution in [0.2, 0.25) is 0 Å². The lowest BCUT2D eigenvalue weighted by atomic mass is 10.0. The van der Waals surface area contributed by atoms with E-state index in [4.69, 9.17) is 10.2 Å². The van der Waals surface area contributed by atoms with Gasteiger partial charge >= 0.3 is 11.9 Å². The van der Waals surface area contributed by atoms with Gasteiger partial charge in [0.2, 0.25) is 0 Å². The molecule has 1 unspecified atom stereocenters. The molecular formula is C21H40O4S. The molecule has 0 aliphatic heterocycles. The molecule has 0 bridgehead atoms. The van der Waals surface area contributed by atoms with Crippen LogP contribution in [0.5, 0.6) is 0 Å². The normalized spacial score (nSPS) is 12.2. The fourth-order valence-electron chi connectivity index (χ4n) is 3.05. The summed E-state index contributed by atoms with van der Waals surface area (Å²) in [4.78, 5) is 21.6. The van der Waals surface area contributed by atoms with Gasteiger partial charge in [0.25, 0.3) is 0 Å². The quantitative estimate of drug-likeness (QED) is 0.237. The predicted octanol–water partition coefficient (Wildman–Crippen LogP) is 6.38. The molecule has 2 N–H and O–H groups in total. The molecule has 0 rings (SSSR count). The first-order valence-electron chi connectivity index (χ1n) is 10.6. The topological polar surface area (TPSA) is 74.6 Å². The summed E-state index contributed by atoms with van der Waals surface area (Å²) in [6.45, 7) is 2.26. The lowest BCUT2D eigenvalue weighted by Gasteiger charge is -2.09. The van der Waals surface area contributed by atoms with Crippen LogP contribution in [-0.2, 0) is 9.59 Å². The van der Waals surface area contributed by atoms with Crippen LogP contribution in [0.25, 0.3) is 0 Å². The highest BCUT2D eigenvalue weighted by Gasteiger charge is 2.20. The second-order valence-electron chi connectivity index (χ2n) is 7.30. The van der Waals surface area contributed by atoms with Crippen molar-refractivity contribution in [2.75, 3.05) is 11.5 Å². The van der Waals surface area contributed by atoms with Crippen LogP contribution < -0.4 is 0 Å². The molecule has 0 aromatic heterocycles. The molecule has 4 nitrogen and oxygen atoms in total. The SMILES string of the molecule is CCCCCCCCCCCCCCCCSCC(CC(=O)O)C(=O)O. The van der Waals surface area contributed by atoms with Gasteiger partial charge in [0.05, 0.1) is 12.3 Å². The van der Waals surface area contributed by atoms with Crippen molar-refractivity contribution in [3.63, 3.8) is 0 Å². The van der Waals surface area contributed by atoms with Gasteiger partial charge in [-0.25, -0.2) is 0 Å². The van der Waals surface area contributed by atoms with Gasteiger partial charge in [0, 0.05) is 5.75 Å². The first-order chi connectivity index (χ1) is 12.6. The van der Waals surface area contributed by atoms with Crippen LogP contribution in [0.4, 0.5) is 0 Å². The van der Waals surface area contributed by atoms with Crippen LogP contribution >= 0.6 is 11.8 Å². The number of thioether (sulfide) groups is 1. The van der Waals surface area contributed by atoms with Crippen LogP contribution in [-0.4, -0.2) is 33.7 Å². The van der Waals surface area contributed by atoms with E-state index in [0.29, 0.717) is 5.75 Å². The van der Waals surface area contributed by atoms with Crippen LogP contribution in [0.3, 0.4) is 0 Å². The van der Waals surface area contributed by atoms with E-state index in [1.807, 2.05) is 0 Å². The Labute approximate surface area is 164 Å². The number of hydrogen-bond donors (Lipinski definition) is 2. The number of carboxylic acids is 2. The summed E-state index contributed by atoms with van der Waals surface area (Å²) in [7, 11) is 0. The standard InChI is InChI=1S/C21H40O4S/c1-2-3-4-5-6-7-8-9-10-11-12-13-14-15-16-26-18-19(21(24)25)17-20(22)23/h19H,2-18H2,1H3,(H,22,23)(H,24,25). The molecule has 26 heavy (non-hydrogen) atoms. The molecule has 0 aromatic rings. The average molecular weight is 389 g/mol. The highest BCUT2D eigenvalue weighted by atomic mass is 32.2. The van der Waals surface area contributed by atoms with E-state index in [0.717, 1.165) is 12.2 Å². The molecule has 0 aliphatic rings. The Morgan fingerprint density at radius 2 is 1.15 bits per heavy atom. The first-order valence-corrected chi connectivity index (χ1v) is 11.8. The molecule has 0 fully saturated rings. The third-order valence-corrected chi connectivity index (χ3v) is 5.95. The van der Waals surface area contributed by atoms with Crippen LogP contribution in [0.15, 0.2) is 0 Å². The number of carboxylic acid groups (broad SMARTS) is 2. The fourth-order valence-corrected chi connectivity index (χ4v) is 4.17. The Morgan fingerprint density at radius 1 is 0.731 bits per heavy atom. The summed E-state index contributed by atoms with van der Waals surface area (Å²) >= 11 is 1.57. The molecular weight excluding hydrogens is 348 g/mol. The van der Waals surface area contributed by atoms with Gasteiger partial charge in [-0.15, -0.1) is 0 Å². The first kappa shape index (κ1) is 25.3. The van der Waals surface area contributed by atoms with Gasteiger partial charge in [-0.05, 0) is 12.2 Å². The second kappa shape index (κ2) is 19.1. The molecule has 0 amide bonds. The maximum Gasteiger partial charge on any atom is 0.307 e. The zero-order chi connectivity index (χ0) is 19.5. The van der Waals surface area contributed by atoms with Crippen molar-refractivity contribution >= 4 is 23.7 Å². The Morgan fingerprint density at radius 3 is 1.54 bits per heavy atom. The summed E-state index contributed by atoms with van der Waals surface area (Å²) in [6.07, 6.45) is 18.4. The molecule has 1 atom stereocenters. The van der Waals surface area contributed by atoms with E-state index in [9.17, 15) is 9.59 Å². The zero-order valence-corrected chi connectivity index (χ0v) is 17.5. The second-order valence-corrected chi connectivity index (χ2v) is 8.45. The Hall–Kier alpha value is -0.710. The summed E-state index contributed by atoms with van der Waals surface area (Å²) < 4.78 is 0. The van der Waals surface area contributed by atoms with E-state index in [-0.39, 0.29) is 6.42 Å². The summed E-state index contributed by atoms with van der Waals surface area (Å²) in [5, 5.41) is 17.7. The number of unbranched alkanes of at least 4 members (excludes halogenated alkanes) is 13. The Bertz CT molecular complexity index is 347. The number of carbonyl (C=O) groups is 2. The van der Waals surface area contributed by atoms with Gasteiger partial charge < -0.3 is 10.2 Å². The fraction of sp³-hybridized carbons (Fsp3) is 0.905. The van der Waals surface area contributed by atoms with Crippen molar-refractivity contribution in [1.82, 2.24) is 0 Å². The number of aliphatic carboxylic acids is 2. The molecule has 0 aromatic carbocycles. The summed E-state index contributed by atoms with van der Waals surface area (Å²) in [5.74, 6) is -1.46. The molecule has 0 heterocycles. The smallest absolute Gasteiger partial charge is 0.307 e. The predicted molar refractivity (Wildman–Crippen MR) is 111 cm³/mol. The lowest BCUT2D eigenvalue weighted by Crippen LogP contribution is -2.20. The number of rotatable bonds is 20. The zero-order valence-electron chi connectivity index (χ0n) is 16.7. The minimum absolute atomic E-state index is 0.277. The lowest BCUT2D eigenvalue weighted by molar-refractivity contribution is -0.147. The van der Waals surface area contributed by atoms with Gasteiger partial charge in [0.15, 0.2) is 0 Å². The van der Waals surface area contributed by atoms with Crippen molar-refractivity contribution in [3.8, 4) is 0 Å². The van der Waals surface area contributed by atoms with Crippen molar-refractivity contribution in [2.24, 2.45) is 5.92 Å². The molecule has 154 valence electrons. The monoisotopic (exact) mass is 388 g/mol. The molecule has 0 saturated heterocycles. The summed E-state index contributed by atoms with van der Waals surface area (Å²) in [5.41, 5.74) is 0. The van der Waals surface area contributed by atoms with E-state index in [2.05, 4.69) is 6.92 Å². The van der Waals surface area contributed by atoms with Gasteiger partial charge in [0.1, 0.15) is 0 Å². The minimum Gasteiger partial charge on any atom is -0.481 e. The van der Waals surface area contributed by atoms with E-state index in [1.165, 1.54) is 83.5 Å². The average Bonchev–Trinajstić information content (AvgIpc) is 2.59. The molecule has 0 radical (unpaired) electrons. The van der Waals surface area contributed by atoms with Gasteiger partial charge in [-0.2, -0.15) is 11.8 Å². The minimum atomic E-state index is -1.03. The molecule has 0 spiro atoms. The maximum atomic E-state index is 10.9. The largest absolute Gasteiger partial charge is 0.481 e. The Balaban J connectivity index is 3.26. The van der Waals surface area contributed by atoms with E-state index >= 15 is 0 Å². The van der Waals surface area contributed by atoms with Crippen molar-refractivity contribution < 1.29 is 19.8 Å². The van der Waals surface area contributed by atoms with E-state index < -0.39 is 17.9 Å².